The van der Waals surface area contributed by atoms with Gasteiger partial charge in [-0.3, -0.25) is 19.5 Å². The molecule has 0 radical (unpaired) electrons. The first-order valence-electron chi connectivity index (χ1n) is 14.0. The third kappa shape index (κ3) is 6.87. The van der Waals surface area contributed by atoms with Gasteiger partial charge in [-0.25, -0.2) is 0 Å². The van der Waals surface area contributed by atoms with E-state index in [9.17, 15) is 9.59 Å². The molecule has 2 aromatic rings. The molecular formula is C31H37N3O3S. The second-order valence-corrected chi connectivity index (χ2v) is 11.6. The van der Waals surface area contributed by atoms with Gasteiger partial charge >= 0.3 is 0 Å². The number of nitrogens with zero attached hydrogens (tertiary/aromatic N) is 2. The van der Waals surface area contributed by atoms with Crippen LogP contribution in [0.25, 0.3) is 6.08 Å². The maximum atomic E-state index is 13.6. The number of hydrogen-bond acceptors (Lipinski definition) is 5. The number of carbonyl (C=O) groups is 2. The van der Waals surface area contributed by atoms with Gasteiger partial charge in [-0.05, 0) is 80.3 Å². The first kappa shape index (κ1) is 26.5. The lowest BCUT2D eigenvalue weighted by molar-refractivity contribution is -0.124. The van der Waals surface area contributed by atoms with Gasteiger partial charge in [0.15, 0.2) is 11.8 Å². The topological polar surface area (TPSA) is 71.0 Å². The molecule has 1 N–H and O–H groups in total. The summed E-state index contributed by atoms with van der Waals surface area (Å²) in [6.45, 7) is 1.94. The zero-order chi connectivity index (χ0) is 26.3. The molecule has 2 aromatic carbocycles. The quantitative estimate of drug-likeness (QED) is 0.393. The fraction of sp³-hybridized carbons (Fsp3) is 0.452. The Morgan fingerprint density at radius 3 is 2.32 bits per heavy atom. The third-order valence-corrected chi connectivity index (χ3v) is 8.52. The highest BCUT2D eigenvalue weighted by Crippen LogP contribution is 2.38. The Labute approximate surface area is 229 Å². The van der Waals surface area contributed by atoms with Crippen LogP contribution in [0.5, 0.6) is 5.75 Å². The molecular weight excluding hydrogens is 494 g/mol. The molecule has 7 heteroatoms. The Morgan fingerprint density at radius 2 is 1.63 bits per heavy atom. The summed E-state index contributed by atoms with van der Waals surface area (Å²) in [5, 5.41) is 3.74. The van der Waals surface area contributed by atoms with Gasteiger partial charge in [0.25, 0.3) is 11.8 Å². The lowest BCUT2D eigenvalue weighted by Crippen LogP contribution is -2.41. The van der Waals surface area contributed by atoms with Gasteiger partial charge in [-0.1, -0.05) is 68.4 Å². The van der Waals surface area contributed by atoms with Crippen LogP contribution >= 0.6 is 11.8 Å². The second kappa shape index (κ2) is 12.7. The highest BCUT2D eigenvalue weighted by atomic mass is 32.2. The Kier molecular flexibility index (Phi) is 8.84. The summed E-state index contributed by atoms with van der Waals surface area (Å²) in [5.41, 5.74) is 2.82. The Morgan fingerprint density at radius 1 is 0.974 bits per heavy atom. The summed E-state index contributed by atoms with van der Waals surface area (Å²) in [7, 11) is 0. The molecule has 0 spiro atoms. The van der Waals surface area contributed by atoms with Crippen molar-refractivity contribution in [3.05, 3.63) is 64.6 Å². The molecule has 3 aliphatic rings. The predicted molar refractivity (Wildman–Crippen MR) is 155 cm³/mol. The second-order valence-electron chi connectivity index (χ2n) is 10.6. The number of amides is 2. The number of hydrogen-bond donors (Lipinski definition) is 1. The van der Waals surface area contributed by atoms with E-state index in [1.807, 2.05) is 66.4 Å². The molecule has 0 unspecified atom stereocenters. The van der Waals surface area contributed by atoms with E-state index < -0.39 is 0 Å². The van der Waals surface area contributed by atoms with E-state index >= 15 is 0 Å². The van der Waals surface area contributed by atoms with Crippen molar-refractivity contribution in [1.82, 2.24) is 4.90 Å². The van der Waals surface area contributed by atoms with Crippen molar-refractivity contribution in [3.63, 3.8) is 0 Å². The number of anilines is 1. The van der Waals surface area contributed by atoms with Gasteiger partial charge in [0.1, 0.15) is 5.75 Å². The van der Waals surface area contributed by atoms with E-state index in [0.29, 0.717) is 11.8 Å². The van der Waals surface area contributed by atoms with Crippen LogP contribution in [-0.4, -0.2) is 40.6 Å². The van der Waals surface area contributed by atoms with E-state index in [2.05, 4.69) is 5.32 Å². The molecule has 200 valence electrons. The zero-order valence-electron chi connectivity index (χ0n) is 22.2. The average molecular weight is 532 g/mol. The number of ether oxygens (including phenoxy) is 1. The van der Waals surface area contributed by atoms with Crippen molar-refractivity contribution in [2.24, 2.45) is 4.99 Å². The summed E-state index contributed by atoms with van der Waals surface area (Å²) in [4.78, 5) is 33.6. The van der Waals surface area contributed by atoms with Crippen LogP contribution in [0.15, 0.2) is 58.4 Å². The molecule has 2 aliphatic carbocycles. The van der Waals surface area contributed by atoms with Crippen LogP contribution in [0.3, 0.4) is 0 Å². The standard InChI is InChI=1S/C31H37N3O3S/c1-22-12-16-25(17-13-22)32-29(35)21-37-27-18-14-23(15-19-27)20-28-30(36)34(26-10-6-3-7-11-26)31(38-28)33-24-8-4-2-5-9-24/h12-20,24,26H,2-11,21H2,1H3,(H,32,35). The van der Waals surface area contributed by atoms with Gasteiger partial charge in [0.05, 0.1) is 10.9 Å². The maximum absolute atomic E-state index is 13.6. The fourth-order valence-corrected chi connectivity index (χ4v) is 6.51. The lowest BCUT2D eigenvalue weighted by Gasteiger charge is -2.31. The highest BCUT2D eigenvalue weighted by molar-refractivity contribution is 8.18. The smallest absolute Gasteiger partial charge is 0.266 e. The van der Waals surface area contributed by atoms with Crippen molar-refractivity contribution in [1.29, 1.82) is 0 Å². The molecule has 5 rings (SSSR count). The van der Waals surface area contributed by atoms with Gasteiger partial charge < -0.3 is 10.1 Å². The van der Waals surface area contributed by atoms with E-state index in [1.54, 1.807) is 0 Å². The summed E-state index contributed by atoms with van der Waals surface area (Å²) in [6, 6.07) is 15.8. The van der Waals surface area contributed by atoms with Gasteiger partial charge in [-0.15, -0.1) is 0 Å². The number of aryl methyl sites for hydroxylation is 1. The van der Waals surface area contributed by atoms with Crippen molar-refractivity contribution in [2.75, 3.05) is 11.9 Å². The average Bonchev–Trinajstić information content (AvgIpc) is 3.24. The summed E-state index contributed by atoms with van der Waals surface area (Å²) in [6.07, 6.45) is 13.7. The van der Waals surface area contributed by atoms with Crippen LogP contribution in [0, 0.1) is 6.92 Å². The molecule has 6 nitrogen and oxygen atoms in total. The first-order valence-corrected chi connectivity index (χ1v) is 14.8. The van der Waals surface area contributed by atoms with Gasteiger partial charge in [0, 0.05) is 11.7 Å². The minimum Gasteiger partial charge on any atom is -0.484 e. The summed E-state index contributed by atoms with van der Waals surface area (Å²) >= 11 is 1.53. The highest BCUT2D eigenvalue weighted by Gasteiger charge is 2.39. The monoisotopic (exact) mass is 531 g/mol. The number of nitrogens with one attached hydrogen (secondary N) is 1. The minimum atomic E-state index is -0.208. The number of carbonyl (C=O) groups excluding carboxylic acids is 2. The minimum absolute atomic E-state index is 0.0695. The summed E-state index contributed by atoms with van der Waals surface area (Å²) in [5.74, 6) is 0.491. The number of benzene rings is 2. The molecule has 1 heterocycles. The first-order chi connectivity index (χ1) is 18.5. The molecule has 3 fully saturated rings. The Balaban J connectivity index is 1.23. The molecule has 0 atom stereocenters. The lowest BCUT2D eigenvalue weighted by atomic mass is 9.94. The van der Waals surface area contributed by atoms with E-state index in [0.717, 1.165) is 52.6 Å². The molecule has 2 amide bonds. The Bertz CT molecular complexity index is 1180. The van der Waals surface area contributed by atoms with E-state index in [-0.39, 0.29) is 24.5 Å². The molecule has 0 bridgehead atoms. The van der Waals surface area contributed by atoms with Crippen molar-refractivity contribution in [2.45, 2.75) is 83.2 Å². The van der Waals surface area contributed by atoms with Crippen molar-refractivity contribution in [3.8, 4) is 5.75 Å². The normalized spacial score (nSPS) is 21.3. The molecule has 1 saturated heterocycles. The SMILES string of the molecule is Cc1ccc(NC(=O)COc2ccc(C=C3SC(=NC4CCCCC4)N(C4CCCCC4)C3=O)cc2)cc1. The van der Waals surface area contributed by atoms with Gasteiger partial charge in [-0.2, -0.15) is 0 Å². The van der Waals surface area contributed by atoms with Crippen LogP contribution in [0.1, 0.15) is 75.3 Å². The maximum Gasteiger partial charge on any atom is 0.266 e. The predicted octanol–water partition coefficient (Wildman–Crippen LogP) is 6.95. The largest absolute Gasteiger partial charge is 0.484 e. The van der Waals surface area contributed by atoms with Gasteiger partial charge in [0.2, 0.25) is 0 Å². The van der Waals surface area contributed by atoms with Crippen LogP contribution in [-0.2, 0) is 9.59 Å². The number of thioether (sulfide) groups is 1. The fourth-order valence-electron chi connectivity index (χ4n) is 5.40. The molecule has 1 aliphatic heterocycles. The third-order valence-electron chi connectivity index (χ3n) is 7.53. The zero-order valence-corrected chi connectivity index (χ0v) is 23.0. The van der Waals surface area contributed by atoms with Crippen LogP contribution < -0.4 is 10.1 Å². The molecule has 2 saturated carbocycles. The van der Waals surface area contributed by atoms with Crippen molar-refractivity contribution >= 4 is 40.5 Å². The Hall–Kier alpha value is -3.06. The van der Waals surface area contributed by atoms with Crippen molar-refractivity contribution < 1.29 is 14.3 Å². The molecule has 0 aromatic heterocycles. The number of amidine groups is 1. The van der Waals surface area contributed by atoms with E-state index in [1.165, 1.54) is 50.3 Å². The molecule has 38 heavy (non-hydrogen) atoms. The van der Waals surface area contributed by atoms with Crippen LogP contribution in [0.4, 0.5) is 5.69 Å². The summed E-state index contributed by atoms with van der Waals surface area (Å²) < 4.78 is 5.68. The van der Waals surface area contributed by atoms with E-state index in [4.69, 9.17) is 9.73 Å². The number of aliphatic imine (C=N–C) groups is 1. The van der Waals surface area contributed by atoms with Crippen LogP contribution in [0.2, 0.25) is 0 Å². The number of rotatable bonds is 7.